The summed E-state index contributed by atoms with van der Waals surface area (Å²) in [4.78, 5) is 3.70. The van der Waals surface area contributed by atoms with Gasteiger partial charge in [-0.15, -0.1) is 0 Å². The maximum Gasteiger partial charge on any atom is 0.265 e. The standard InChI is InChI=1S/C23H23N2S2/c1-5-16-9-11-18-20(13-16)26-22(24(18)7-3)15-23-25(8-4)19-12-10-17(6-2)14-21(19)27-23/h5-6,9-15H,1-2,7-8H2,3-4H3/q+1. The van der Waals surface area contributed by atoms with Crippen LogP contribution in [0.25, 0.3) is 28.4 Å². The molecule has 1 aliphatic rings. The molecule has 0 unspecified atom stereocenters. The highest BCUT2D eigenvalue weighted by molar-refractivity contribution is 8.03. The molecule has 3 aromatic rings. The number of aromatic nitrogens is 1. The zero-order valence-electron chi connectivity index (χ0n) is 15.7. The highest BCUT2D eigenvalue weighted by Crippen LogP contribution is 2.47. The summed E-state index contributed by atoms with van der Waals surface area (Å²) in [6.45, 7) is 14.1. The van der Waals surface area contributed by atoms with Crippen molar-refractivity contribution in [2.75, 3.05) is 11.4 Å². The van der Waals surface area contributed by atoms with E-state index < -0.39 is 0 Å². The summed E-state index contributed by atoms with van der Waals surface area (Å²) in [5.41, 5.74) is 4.91. The van der Waals surface area contributed by atoms with Crippen molar-refractivity contribution in [1.29, 1.82) is 0 Å². The molecule has 136 valence electrons. The number of benzene rings is 2. The lowest BCUT2D eigenvalue weighted by molar-refractivity contribution is -0.665. The summed E-state index contributed by atoms with van der Waals surface area (Å²) >= 11 is 3.69. The first-order chi connectivity index (χ1) is 13.2. The molecule has 2 nitrogen and oxygen atoms in total. The lowest BCUT2D eigenvalue weighted by Crippen LogP contribution is -2.33. The van der Waals surface area contributed by atoms with Crippen LogP contribution in [0.2, 0.25) is 0 Å². The van der Waals surface area contributed by atoms with Crippen LogP contribution in [0.1, 0.15) is 30.0 Å². The monoisotopic (exact) mass is 391 g/mol. The summed E-state index contributed by atoms with van der Waals surface area (Å²) in [5.74, 6) is 0. The maximum atomic E-state index is 3.90. The van der Waals surface area contributed by atoms with E-state index in [4.69, 9.17) is 0 Å². The molecule has 0 atom stereocenters. The van der Waals surface area contributed by atoms with Crippen molar-refractivity contribution >= 4 is 57.2 Å². The van der Waals surface area contributed by atoms with Gasteiger partial charge in [-0.25, -0.2) is 0 Å². The van der Waals surface area contributed by atoms with Crippen molar-refractivity contribution in [2.45, 2.75) is 25.3 Å². The van der Waals surface area contributed by atoms with Crippen LogP contribution in [0.3, 0.4) is 0 Å². The van der Waals surface area contributed by atoms with Gasteiger partial charge in [0.1, 0.15) is 11.2 Å². The van der Waals surface area contributed by atoms with Gasteiger partial charge < -0.3 is 4.90 Å². The Hall–Kier alpha value is -2.30. The van der Waals surface area contributed by atoms with Crippen LogP contribution >= 0.6 is 23.1 Å². The van der Waals surface area contributed by atoms with Crippen LogP contribution in [-0.2, 0) is 6.54 Å². The molecule has 0 saturated carbocycles. The summed E-state index contributed by atoms with van der Waals surface area (Å²) in [5, 5.41) is 2.57. The van der Waals surface area contributed by atoms with Crippen LogP contribution in [-0.4, -0.2) is 6.54 Å². The van der Waals surface area contributed by atoms with E-state index in [1.165, 1.54) is 42.0 Å². The maximum absolute atomic E-state index is 3.90. The molecule has 4 heteroatoms. The highest BCUT2D eigenvalue weighted by atomic mass is 32.2. The highest BCUT2D eigenvalue weighted by Gasteiger charge is 2.26. The van der Waals surface area contributed by atoms with Gasteiger partial charge in [-0.05, 0) is 49.2 Å². The predicted octanol–water partition coefficient (Wildman–Crippen LogP) is 6.43. The Morgan fingerprint density at radius 1 is 1.04 bits per heavy atom. The minimum atomic E-state index is 0.955. The van der Waals surface area contributed by atoms with E-state index in [2.05, 4.69) is 78.9 Å². The fraction of sp³-hybridized carbons (Fsp3) is 0.174. The fourth-order valence-corrected chi connectivity index (χ4v) is 5.97. The van der Waals surface area contributed by atoms with Crippen LogP contribution < -0.4 is 9.47 Å². The molecule has 0 radical (unpaired) electrons. The van der Waals surface area contributed by atoms with E-state index in [1.807, 2.05) is 35.3 Å². The average molecular weight is 392 g/mol. The first kappa shape index (κ1) is 18.1. The van der Waals surface area contributed by atoms with Gasteiger partial charge in [-0.2, -0.15) is 4.57 Å². The Kier molecular flexibility index (Phi) is 4.94. The van der Waals surface area contributed by atoms with Crippen molar-refractivity contribution in [3.05, 3.63) is 70.7 Å². The molecule has 1 aliphatic heterocycles. The molecular formula is C23H23N2S2+. The van der Waals surface area contributed by atoms with Gasteiger partial charge in [0.2, 0.25) is 5.52 Å². The van der Waals surface area contributed by atoms with E-state index in [1.54, 1.807) is 0 Å². The number of fused-ring (bicyclic) bond motifs is 2. The Balaban J connectivity index is 1.81. The van der Waals surface area contributed by atoms with E-state index >= 15 is 0 Å². The van der Waals surface area contributed by atoms with Crippen LogP contribution in [0, 0.1) is 0 Å². The summed E-state index contributed by atoms with van der Waals surface area (Å²) in [6, 6.07) is 13.1. The number of nitrogens with zero attached hydrogens (tertiary/aromatic N) is 2. The molecule has 0 saturated heterocycles. The Labute approximate surface area is 169 Å². The van der Waals surface area contributed by atoms with Crippen molar-refractivity contribution in [3.8, 4) is 0 Å². The summed E-state index contributed by atoms with van der Waals surface area (Å²) in [6.07, 6.45) is 6.16. The molecule has 0 bridgehead atoms. The first-order valence-electron chi connectivity index (χ1n) is 9.20. The van der Waals surface area contributed by atoms with Crippen molar-refractivity contribution in [2.24, 2.45) is 0 Å². The number of thioether (sulfide) groups is 1. The second kappa shape index (κ2) is 7.37. The van der Waals surface area contributed by atoms with Crippen molar-refractivity contribution in [1.82, 2.24) is 0 Å². The van der Waals surface area contributed by atoms with Gasteiger partial charge in [-0.3, -0.25) is 0 Å². The van der Waals surface area contributed by atoms with Crippen molar-refractivity contribution < 1.29 is 4.57 Å². The molecule has 1 aromatic heterocycles. The van der Waals surface area contributed by atoms with Gasteiger partial charge >= 0.3 is 0 Å². The van der Waals surface area contributed by atoms with E-state index in [9.17, 15) is 0 Å². The molecule has 27 heavy (non-hydrogen) atoms. The number of hydrogen-bond donors (Lipinski definition) is 0. The third-order valence-corrected chi connectivity index (χ3v) is 7.05. The minimum Gasteiger partial charge on any atom is -0.335 e. The molecule has 0 fully saturated rings. The topological polar surface area (TPSA) is 7.12 Å². The fourth-order valence-electron chi connectivity index (χ4n) is 3.47. The van der Waals surface area contributed by atoms with Crippen LogP contribution in [0.4, 0.5) is 5.69 Å². The molecule has 4 rings (SSSR count). The molecule has 0 spiro atoms. The van der Waals surface area contributed by atoms with Gasteiger partial charge in [0, 0.05) is 17.5 Å². The third-order valence-electron chi connectivity index (χ3n) is 4.86. The molecular weight excluding hydrogens is 368 g/mol. The number of anilines is 1. The number of thiazole rings is 1. The summed E-state index contributed by atoms with van der Waals surface area (Å²) < 4.78 is 3.70. The second-order valence-corrected chi connectivity index (χ2v) is 8.50. The Morgan fingerprint density at radius 3 is 2.48 bits per heavy atom. The normalized spacial score (nSPS) is 14.7. The molecule has 0 amide bonds. The zero-order valence-corrected chi connectivity index (χ0v) is 17.4. The SMILES string of the molecule is C=Cc1ccc2c(c1)S/C(=C/c1sc3cc(C=C)ccc3[n+]1CC)N2CC. The van der Waals surface area contributed by atoms with Crippen LogP contribution in [0.15, 0.2) is 59.5 Å². The number of aryl methyl sites for hydroxylation is 1. The van der Waals surface area contributed by atoms with E-state index in [0.29, 0.717) is 0 Å². The quantitative estimate of drug-likeness (QED) is 0.463. The van der Waals surface area contributed by atoms with Crippen LogP contribution in [0.5, 0.6) is 0 Å². The average Bonchev–Trinajstić information content (AvgIpc) is 3.22. The van der Waals surface area contributed by atoms with Crippen molar-refractivity contribution in [3.63, 3.8) is 0 Å². The van der Waals surface area contributed by atoms with Gasteiger partial charge in [-0.1, -0.05) is 54.5 Å². The lowest BCUT2D eigenvalue weighted by Gasteiger charge is -2.17. The first-order valence-corrected chi connectivity index (χ1v) is 10.8. The number of hydrogen-bond acceptors (Lipinski definition) is 3. The minimum absolute atomic E-state index is 0.955. The zero-order chi connectivity index (χ0) is 19.0. The van der Waals surface area contributed by atoms with E-state index in [-0.39, 0.29) is 0 Å². The Bertz CT molecular complexity index is 1080. The van der Waals surface area contributed by atoms with Gasteiger partial charge in [0.25, 0.3) is 5.01 Å². The molecule has 2 aromatic carbocycles. The Morgan fingerprint density at radius 2 is 1.78 bits per heavy atom. The molecule has 0 aliphatic carbocycles. The third kappa shape index (κ3) is 3.13. The van der Waals surface area contributed by atoms with Gasteiger partial charge in [0.15, 0.2) is 0 Å². The molecule has 0 N–H and O–H groups in total. The van der Waals surface area contributed by atoms with Gasteiger partial charge in [0.05, 0.1) is 16.8 Å². The van der Waals surface area contributed by atoms with E-state index in [0.717, 1.165) is 13.1 Å². The lowest BCUT2D eigenvalue weighted by atomic mass is 10.2. The smallest absolute Gasteiger partial charge is 0.265 e. The largest absolute Gasteiger partial charge is 0.335 e. The second-order valence-electron chi connectivity index (χ2n) is 6.38. The predicted molar refractivity (Wildman–Crippen MR) is 121 cm³/mol. The number of rotatable bonds is 5. The summed E-state index contributed by atoms with van der Waals surface area (Å²) in [7, 11) is 0. The molecule has 2 heterocycles.